The first-order valence-electron chi connectivity index (χ1n) is 7.10. The molecule has 0 saturated heterocycles. The fourth-order valence-corrected chi connectivity index (χ4v) is 3.56. The number of rotatable bonds is 4. The lowest BCUT2D eigenvalue weighted by molar-refractivity contribution is 0.0735. The van der Waals surface area contributed by atoms with Crippen LogP contribution in [0.2, 0.25) is 0 Å². The first kappa shape index (κ1) is 15.2. The number of hydrogen-bond donors (Lipinski definition) is 0. The Kier molecular flexibility index (Phi) is 4.97. The number of amides is 1. The zero-order valence-electron chi connectivity index (χ0n) is 12.8. The van der Waals surface area contributed by atoms with E-state index in [0.29, 0.717) is 11.3 Å². The van der Waals surface area contributed by atoms with Crippen LogP contribution in [0.5, 0.6) is 0 Å². The molecule has 2 rings (SSSR count). The van der Waals surface area contributed by atoms with E-state index in [2.05, 4.69) is 6.26 Å². The van der Waals surface area contributed by atoms with Gasteiger partial charge in [-0.05, 0) is 43.7 Å². The molecule has 0 bridgehead atoms. The summed E-state index contributed by atoms with van der Waals surface area (Å²) in [6.07, 6.45) is 5.63. The lowest BCUT2D eigenvalue weighted by Gasteiger charge is -2.25. The molecule has 0 aliphatic heterocycles. The Morgan fingerprint density at radius 3 is 2.60 bits per heavy atom. The molecule has 0 unspecified atom stereocenters. The Morgan fingerprint density at radius 1 is 1.25 bits per heavy atom. The summed E-state index contributed by atoms with van der Waals surface area (Å²) < 4.78 is 0. The van der Waals surface area contributed by atoms with Gasteiger partial charge in [-0.2, -0.15) is 11.8 Å². The molecule has 2 atom stereocenters. The summed E-state index contributed by atoms with van der Waals surface area (Å²) in [6.45, 7) is 0. The molecule has 0 radical (unpaired) electrons. The molecule has 1 saturated carbocycles. The summed E-state index contributed by atoms with van der Waals surface area (Å²) in [5, 5.41) is 0.711. The first-order valence-corrected chi connectivity index (χ1v) is 8.39. The third-order valence-electron chi connectivity index (χ3n) is 4.17. The molecule has 1 fully saturated rings. The van der Waals surface area contributed by atoms with E-state index in [-0.39, 0.29) is 5.91 Å². The Balaban J connectivity index is 2.09. The van der Waals surface area contributed by atoms with Crippen molar-refractivity contribution in [2.75, 3.05) is 32.3 Å². The van der Waals surface area contributed by atoms with Crippen molar-refractivity contribution in [2.45, 2.75) is 30.6 Å². The summed E-state index contributed by atoms with van der Waals surface area (Å²) in [7, 11) is 5.93. The van der Waals surface area contributed by atoms with Gasteiger partial charge in [0, 0.05) is 43.7 Å². The molecular weight excluding hydrogens is 268 g/mol. The average molecular weight is 292 g/mol. The lowest BCUT2D eigenvalue weighted by Crippen LogP contribution is -2.35. The number of benzene rings is 1. The topological polar surface area (TPSA) is 23.6 Å². The van der Waals surface area contributed by atoms with Crippen molar-refractivity contribution in [3.8, 4) is 0 Å². The van der Waals surface area contributed by atoms with Gasteiger partial charge >= 0.3 is 0 Å². The van der Waals surface area contributed by atoms with Gasteiger partial charge in [-0.1, -0.05) is 6.07 Å². The van der Waals surface area contributed by atoms with Crippen LogP contribution in [0.25, 0.3) is 0 Å². The smallest absolute Gasteiger partial charge is 0.253 e. The van der Waals surface area contributed by atoms with Crippen molar-refractivity contribution in [3.63, 3.8) is 0 Å². The van der Waals surface area contributed by atoms with Crippen LogP contribution in [-0.2, 0) is 0 Å². The quantitative estimate of drug-likeness (QED) is 0.852. The van der Waals surface area contributed by atoms with Gasteiger partial charge in [-0.15, -0.1) is 0 Å². The van der Waals surface area contributed by atoms with Gasteiger partial charge in [-0.3, -0.25) is 4.79 Å². The monoisotopic (exact) mass is 292 g/mol. The number of thioether (sulfide) groups is 1. The van der Waals surface area contributed by atoms with Gasteiger partial charge in [-0.25, -0.2) is 0 Å². The second kappa shape index (κ2) is 6.53. The Morgan fingerprint density at radius 2 is 2.00 bits per heavy atom. The molecule has 0 heterocycles. The minimum Gasteiger partial charge on any atom is -0.378 e. The minimum absolute atomic E-state index is 0.139. The Labute approximate surface area is 126 Å². The second-order valence-corrected chi connectivity index (χ2v) is 6.82. The third-order valence-corrected chi connectivity index (χ3v) is 5.26. The molecule has 20 heavy (non-hydrogen) atoms. The molecule has 4 heteroatoms. The Hall–Kier alpha value is -1.16. The largest absolute Gasteiger partial charge is 0.378 e. The van der Waals surface area contributed by atoms with Gasteiger partial charge in [0.15, 0.2) is 0 Å². The van der Waals surface area contributed by atoms with Crippen LogP contribution in [0.3, 0.4) is 0 Å². The van der Waals surface area contributed by atoms with Crippen LogP contribution >= 0.6 is 11.8 Å². The highest BCUT2D eigenvalue weighted by atomic mass is 32.2. The van der Waals surface area contributed by atoms with E-state index in [4.69, 9.17) is 0 Å². The molecule has 0 N–H and O–H groups in total. The summed E-state index contributed by atoms with van der Waals surface area (Å²) >= 11 is 1.92. The van der Waals surface area contributed by atoms with Crippen molar-refractivity contribution in [2.24, 2.45) is 0 Å². The standard InChI is InChI=1S/C16H24N2OS/c1-17(2)13-7-5-6-12(10-13)16(19)18(3)14-8-9-15(11-14)20-4/h5-7,10,14-15H,8-9,11H2,1-4H3/t14-,15+/m0/s1. The van der Waals surface area contributed by atoms with E-state index in [0.717, 1.165) is 24.1 Å². The highest BCUT2D eigenvalue weighted by Crippen LogP contribution is 2.31. The molecular formula is C16H24N2OS. The van der Waals surface area contributed by atoms with E-state index in [1.54, 1.807) is 0 Å². The van der Waals surface area contributed by atoms with Crippen molar-refractivity contribution in [1.29, 1.82) is 0 Å². The molecule has 1 aromatic rings. The molecule has 1 amide bonds. The van der Waals surface area contributed by atoms with E-state index in [1.165, 1.54) is 6.42 Å². The fourth-order valence-electron chi connectivity index (χ4n) is 2.77. The van der Waals surface area contributed by atoms with Crippen molar-refractivity contribution in [3.05, 3.63) is 29.8 Å². The predicted molar refractivity (Wildman–Crippen MR) is 87.8 cm³/mol. The van der Waals surface area contributed by atoms with Crippen LogP contribution in [-0.4, -0.2) is 49.5 Å². The minimum atomic E-state index is 0.139. The summed E-state index contributed by atoms with van der Waals surface area (Å²) in [5.74, 6) is 0.139. The first-order chi connectivity index (χ1) is 9.52. The maximum Gasteiger partial charge on any atom is 0.253 e. The van der Waals surface area contributed by atoms with Crippen LogP contribution in [0.4, 0.5) is 5.69 Å². The SMILES string of the molecule is CS[C@@H]1CC[C@H](N(C)C(=O)c2cccc(N(C)C)c2)C1. The molecule has 1 aliphatic carbocycles. The van der Waals surface area contributed by atoms with Crippen LogP contribution in [0, 0.1) is 0 Å². The number of anilines is 1. The lowest BCUT2D eigenvalue weighted by atomic mass is 10.1. The number of carbonyl (C=O) groups is 1. The predicted octanol–water partition coefficient (Wildman–Crippen LogP) is 3.11. The summed E-state index contributed by atoms with van der Waals surface area (Å²) in [5.41, 5.74) is 1.85. The molecule has 3 nitrogen and oxygen atoms in total. The normalized spacial score (nSPS) is 21.8. The molecule has 1 aliphatic rings. The maximum absolute atomic E-state index is 12.6. The molecule has 0 spiro atoms. The van der Waals surface area contributed by atoms with Gasteiger partial charge in [0.05, 0.1) is 0 Å². The van der Waals surface area contributed by atoms with Crippen LogP contribution in [0.1, 0.15) is 29.6 Å². The van der Waals surface area contributed by atoms with E-state index in [9.17, 15) is 4.79 Å². The fraction of sp³-hybridized carbons (Fsp3) is 0.562. The van der Waals surface area contributed by atoms with Crippen LogP contribution < -0.4 is 4.90 Å². The second-order valence-electron chi connectivity index (χ2n) is 5.69. The van der Waals surface area contributed by atoms with E-state index < -0.39 is 0 Å². The third kappa shape index (κ3) is 3.29. The van der Waals surface area contributed by atoms with Crippen molar-refractivity contribution < 1.29 is 4.79 Å². The highest BCUT2D eigenvalue weighted by Gasteiger charge is 2.29. The zero-order valence-corrected chi connectivity index (χ0v) is 13.6. The van der Waals surface area contributed by atoms with E-state index >= 15 is 0 Å². The summed E-state index contributed by atoms with van der Waals surface area (Å²) in [4.78, 5) is 16.6. The van der Waals surface area contributed by atoms with Crippen LogP contribution in [0.15, 0.2) is 24.3 Å². The van der Waals surface area contributed by atoms with Crippen molar-refractivity contribution in [1.82, 2.24) is 4.90 Å². The average Bonchev–Trinajstić information content (AvgIpc) is 2.94. The molecule has 110 valence electrons. The van der Waals surface area contributed by atoms with E-state index in [1.807, 2.05) is 67.0 Å². The molecule has 1 aromatic carbocycles. The number of hydrogen-bond acceptors (Lipinski definition) is 3. The molecule has 0 aromatic heterocycles. The maximum atomic E-state index is 12.6. The highest BCUT2D eigenvalue weighted by molar-refractivity contribution is 7.99. The Bertz CT molecular complexity index is 475. The number of nitrogens with zero attached hydrogens (tertiary/aromatic N) is 2. The van der Waals surface area contributed by atoms with Gasteiger partial charge < -0.3 is 9.80 Å². The van der Waals surface area contributed by atoms with Gasteiger partial charge in [0.1, 0.15) is 0 Å². The van der Waals surface area contributed by atoms with Crippen molar-refractivity contribution >= 4 is 23.4 Å². The summed E-state index contributed by atoms with van der Waals surface area (Å²) in [6, 6.07) is 8.25. The van der Waals surface area contributed by atoms with Gasteiger partial charge in [0.2, 0.25) is 0 Å². The number of carbonyl (C=O) groups excluding carboxylic acids is 1. The zero-order chi connectivity index (χ0) is 14.7. The van der Waals surface area contributed by atoms with Gasteiger partial charge in [0.25, 0.3) is 5.91 Å².